The lowest BCUT2D eigenvalue weighted by Crippen LogP contribution is -2.38. The molecule has 28 heavy (non-hydrogen) atoms. The lowest BCUT2D eigenvalue weighted by Gasteiger charge is -2.27. The molecule has 3 rings (SSSR count). The second kappa shape index (κ2) is 9.30. The van der Waals surface area contributed by atoms with Crippen LogP contribution in [0.15, 0.2) is 18.2 Å². The van der Waals surface area contributed by atoms with Crippen molar-refractivity contribution < 1.29 is 19.1 Å². The van der Waals surface area contributed by atoms with Gasteiger partial charge in [-0.2, -0.15) is 0 Å². The van der Waals surface area contributed by atoms with Crippen LogP contribution in [-0.4, -0.2) is 61.0 Å². The van der Waals surface area contributed by atoms with Crippen LogP contribution >= 0.6 is 0 Å². The smallest absolute Gasteiger partial charge is 0.260 e. The molecular formula is C22H32N2O4. The van der Waals surface area contributed by atoms with Crippen molar-refractivity contribution in [3.8, 4) is 11.5 Å². The first-order valence-corrected chi connectivity index (χ1v) is 10.5. The molecule has 0 aromatic heterocycles. The molecule has 1 unspecified atom stereocenters. The summed E-state index contributed by atoms with van der Waals surface area (Å²) in [5, 5.41) is 0. The van der Waals surface area contributed by atoms with Crippen molar-refractivity contribution in [2.75, 3.05) is 33.4 Å². The number of hydrogen-bond donors (Lipinski definition) is 0. The highest BCUT2D eigenvalue weighted by Crippen LogP contribution is 2.35. The zero-order valence-corrected chi connectivity index (χ0v) is 17.3. The van der Waals surface area contributed by atoms with Gasteiger partial charge in [-0.1, -0.05) is 0 Å². The van der Waals surface area contributed by atoms with E-state index in [0.29, 0.717) is 29.6 Å². The molecule has 2 amide bonds. The van der Waals surface area contributed by atoms with Gasteiger partial charge in [-0.15, -0.1) is 0 Å². The second-order valence-corrected chi connectivity index (χ2v) is 7.82. The van der Waals surface area contributed by atoms with Gasteiger partial charge in [-0.05, 0) is 70.1 Å². The summed E-state index contributed by atoms with van der Waals surface area (Å²) in [4.78, 5) is 28.8. The number of rotatable bonds is 8. The number of ether oxygens (including phenoxy) is 2. The number of benzene rings is 1. The third-order valence-electron chi connectivity index (χ3n) is 5.79. The Kier molecular flexibility index (Phi) is 6.81. The van der Waals surface area contributed by atoms with Gasteiger partial charge in [0, 0.05) is 31.7 Å². The van der Waals surface area contributed by atoms with Crippen molar-refractivity contribution in [2.24, 2.45) is 5.92 Å². The maximum Gasteiger partial charge on any atom is 0.260 e. The van der Waals surface area contributed by atoms with E-state index in [9.17, 15) is 9.59 Å². The SMILES string of the molecule is CCOc1cc(C(=O)N(C)C(C)C2CC2)ccc1OCC(=O)N1CCCCC1. The van der Waals surface area contributed by atoms with Crippen molar-refractivity contribution in [1.82, 2.24) is 9.80 Å². The molecule has 0 radical (unpaired) electrons. The predicted octanol–water partition coefficient (Wildman–Crippen LogP) is 3.35. The fourth-order valence-electron chi connectivity index (χ4n) is 3.69. The molecule has 1 aliphatic carbocycles. The van der Waals surface area contributed by atoms with Gasteiger partial charge in [-0.25, -0.2) is 0 Å². The van der Waals surface area contributed by atoms with Gasteiger partial charge in [0.05, 0.1) is 6.61 Å². The Bertz CT molecular complexity index is 696. The van der Waals surface area contributed by atoms with Crippen LogP contribution in [0.1, 0.15) is 56.3 Å². The summed E-state index contributed by atoms with van der Waals surface area (Å²) in [6, 6.07) is 5.45. The number of piperidine rings is 1. The molecule has 1 aliphatic heterocycles. The molecule has 0 N–H and O–H groups in total. The third-order valence-corrected chi connectivity index (χ3v) is 5.79. The van der Waals surface area contributed by atoms with E-state index < -0.39 is 0 Å². The molecule has 1 aromatic rings. The number of hydrogen-bond acceptors (Lipinski definition) is 4. The molecule has 1 saturated heterocycles. The molecule has 1 saturated carbocycles. The van der Waals surface area contributed by atoms with Crippen molar-refractivity contribution in [3.63, 3.8) is 0 Å². The molecule has 6 heteroatoms. The number of amides is 2. The third kappa shape index (κ3) is 4.97. The highest BCUT2D eigenvalue weighted by Gasteiger charge is 2.33. The van der Waals surface area contributed by atoms with E-state index in [-0.39, 0.29) is 24.5 Å². The number of carbonyl (C=O) groups is 2. The van der Waals surface area contributed by atoms with E-state index in [0.717, 1.165) is 25.9 Å². The zero-order chi connectivity index (χ0) is 20.1. The van der Waals surface area contributed by atoms with E-state index in [1.807, 2.05) is 23.8 Å². The van der Waals surface area contributed by atoms with E-state index in [1.54, 1.807) is 18.2 Å². The first kappa shape index (κ1) is 20.5. The summed E-state index contributed by atoms with van der Waals surface area (Å²) < 4.78 is 11.4. The Hall–Kier alpha value is -2.24. The lowest BCUT2D eigenvalue weighted by molar-refractivity contribution is -0.134. The molecule has 1 heterocycles. The predicted molar refractivity (Wildman–Crippen MR) is 108 cm³/mol. The van der Waals surface area contributed by atoms with Crippen molar-refractivity contribution in [3.05, 3.63) is 23.8 Å². The Labute approximate surface area is 167 Å². The maximum atomic E-state index is 12.8. The largest absolute Gasteiger partial charge is 0.490 e. The number of carbonyl (C=O) groups excluding carboxylic acids is 2. The normalized spacial score (nSPS) is 17.8. The average Bonchev–Trinajstić information content (AvgIpc) is 3.57. The highest BCUT2D eigenvalue weighted by atomic mass is 16.5. The Morgan fingerprint density at radius 2 is 1.86 bits per heavy atom. The summed E-state index contributed by atoms with van der Waals surface area (Å²) in [6.07, 6.45) is 5.68. The van der Waals surface area contributed by atoms with Crippen LogP contribution in [0.4, 0.5) is 0 Å². The van der Waals surface area contributed by atoms with Crippen LogP contribution in [0.3, 0.4) is 0 Å². The minimum atomic E-state index is -0.0173. The van der Waals surface area contributed by atoms with Gasteiger partial charge in [0.15, 0.2) is 18.1 Å². The molecule has 154 valence electrons. The van der Waals surface area contributed by atoms with Gasteiger partial charge in [0.2, 0.25) is 0 Å². The molecule has 6 nitrogen and oxygen atoms in total. The monoisotopic (exact) mass is 388 g/mol. The van der Waals surface area contributed by atoms with Gasteiger partial charge < -0.3 is 19.3 Å². The molecule has 0 bridgehead atoms. The lowest BCUT2D eigenvalue weighted by atomic mass is 10.1. The van der Waals surface area contributed by atoms with Crippen LogP contribution < -0.4 is 9.47 Å². The van der Waals surface area contributed by atoms with Crippen LogP contribution in [0.2, 0.25) is 0 Å². The van der Waals surface area contributed by atoms with Crippen molar-refractivity contribution in [2.45, 2.75) is 52.0 Å². The summed E-state index contributed by atoms with van der Waals surface area (Å²) in [7, 11) is 1.85. The van der Waals surface area contributed by atoms with E-state index >= 15 is 0 Å². The first-order chi connectivity index (χ1) is 13.5. The van der Waals surface area contributed by atoms with Crippen LogP contribution in [-0.2, 0) is 4.79 Å². The van der Waals surface area contributed by atoms with Crippen LogP contribution in [0.25, 0.3) is 0 Å². The number of nitrogens with zero attached hydrogens (tertiary/aromatic N) is 2. The Morgan fingerprint density at radius 1 is 1.14 bits per heavy atom. The summed E-state index contributed by atoms with van der Waals surface area (Å²) in [6.45, 7) is 6.05. The molecule has 2 aliphatic rings. The zero-order valence-electron chi connectivity index (χ0n) is 17.3. The molecule has 1 atom stereocenters. The minimum absolute atomic E-state index is 0.000271. The highest BCUT2D eigenvalue weighted by molar-refractivity contribution is 5.95. The van der Waals surface area contributed by atoms with Gasteiger partial charge >= 0.3 is 0 Å². The van der Waals surface area contributed by atoms with Crippen LogP contribution in [0, 0.1) is 5.92 Å². The topological polar surface area (TPSA) is 59.1 Å². The van der Waals surface area contributed by atoms with E-state index in [4.69, 9.17) is 9.47 Å². The quantitative estimate of drug-likeness (QED) is 0.685. The van der Waals surface area contributed by atoms with E-state index in [1.165, 1.54) is 19.3 Å². The Morgan fingerprint density at radius 3 is 2.50 bits per heavy atom. The molecule has 0 spiro atoms. The Balaban J connectivity index is 1.66. The van der Waals surface area contributed by atoms with Gasteiger partial charge in [0.1, 0.15) is 0 Å². The maximum absolute atomic E-state index is 12.8. The summed E-state index contributed by atoms with van der Waals surface area (Å²) in [5.74, 6) is 1.61. The van der Waals surface area contributed by atoms with E-state index in [2.05, 4.69) is 6.92 Å². The second-order valence-electron chi connectivity index (χ2n) is 7.82. The molecular weight excluding hydrogens is 356 g/mol. The van der Waals surface area contributed by atoms with Gasteiger partial charge in [-0.3, -0.25) is 9.59 Å². The van der Waals surface area contributed by atoms with Crippen molar-refractivity contribution >= 4 is 11.8 Å². The minimum Gasteiger partial charge on any atom is -0.490 e. The van der Waals surface area contributed by atoms with Crippen molar-refractivity contribution in [1.29, 1.82) is 0 Å². The average molecular weight is 389 g/mol. The molecule has 2 fully saturated rings. The fourth-order valence-corrected chi connectivity index (χ4v) is 3.69. The van der Waals surface area contributed by atoms with Gasteiger partial charge in [0.25, 0.3) is 11.8 Å². The molecule has 1 aromatic carbocycles. The standard InChI is InChI=1S/C22H32N2O4/c1-4-27-20-14-18(22(26)23(3)16(2)17-8-9-17)10-11-19(20)28-15-21(25)24-12-6-5-7-13-24/h10-11,14,16-17H,4-9,12-13,15H2,1-3H3. The first-order valence-electron chi connectivity index (χ1n) is 10.5. The number of likely N-dealkylation sites (tertiary alicyclic amines) is 1. The summed E-state index contributed by atoms with van der Waals surface area (Å²) >= 11 is 0. The van der Waals surface area contributed by atoms with Crippen LogP contribution in [0.5, 0.6) is 11.5 Å². The fraction of sp³-hybridized carbons (Fsp3) is 0.636. The summed E-state index contributed by atoms with van der Waals surface area (Å²) in [5.41, 5.74) is 0.577.